The monoisotopic (exact) mass is 319 g/mol. The summed E-state index contributed by atoms with van der Waals surface area (Å²) in [7, 11) is 3.94. The van der Waals surface area contributed by atoms with Gasteiger partial charge in [0.25, 0.3) is 0 Å². The molecule has 2 rings (SSSR count). The predicted molar refractivity (Wildman–Crippen MR) is 81.5 cm³/mol. The van der Waals surface area contributed by atoms with E-state index in [-0.39, 0.29) is 17.1 Å². The van der Waals surface area contributed by atoms with E-state index in [2.05, 4.69) is 4.99 Å². The average molecular weight is 319 g/mol. The number of methoxy groups -OCH3 is 3. The minimum atomic E-state index is -0.799. The largest absolute Gasteiger partial charge is 0.504 e. The van der Waals surface area contributed by atoms with Crippen molar-refractivity contribution in [2.45, 2.75) is 5.92 Å². The molecule has 1 aliphatic heterocycles. The number of phenols is 1. The quantitative estimate of drug-likeness (QED) is 0.843. The molecular formula is C16H17NO6. The van der Waals surface area contributed by atoms with E-state index >= 15 is 0 Å². The molecule has 1 N–H and O–H groups in total. The Hall–Kier alpha value is -2.83. The van der Waals surface area contributed by atoms with E-state index in [4.69, 9.17) is 14.2 Å². The number of carbonyl (C=O) groups excluding carboxylic acids is 2. The highest BCUT2D eigenvalue weighted by molar-refractivity contribution is 5.99. The van der Waals surface area contributed by atoms with Crippen LogP contribution in [0.2, 0.25) is 0 Å². The molecule has 7 nitrogen and oxygen atoms in total. The van der Waals surface area contributed by atoms with Crippen molar-refractivity contribution in [1.82, 2.24) is 0 Å². The fourth-order valence-corrected chi connectivity index (χ4v) is 2.49. The molecule has 1 heterocycles. The number of hydrogen-bond donors (Lipinski definition) is 1. The summed E-state index contributed by atoms with van der Waals surface area (Å²) in [6.07, 6.45) is 2.75. The summed E-state index contributed by atoms with van der Waals surface area (Å²) in [4.78, 5) is 28.0. The Bertz CT molecular complexity index is 679. The maximum atomic E-state index is 12.0. The Morgan fingerprint density at radius 2 is 1.91 bits per heavy atom. The topological polar surface area (TPSA) is 94.4 Å². The first-order chi connectivity index (χ1) is 11.0. The van der Waals surface area contributed by atoms with Crippen LogP contribution in [0.15, 0.2) is 35.0 Å². The second-order valence-corrected chi connectivity index (χ2v) is 4.83. The highest BCUT2D eigenvalue weighted by atomic mass is 16.5. The third-order valence-corrected chi connectivity index (χ3v) is 3.61. The number of aliphatic imine (C=N–C) groups is 1. The second-order valence-electron chi connectivity index (χ2n) is 4.83. The summed E-state index contributed by atoms with van der Waals surface area (Å²) in [6.45, 7) is 0. The van der Waals surface area contributed by atoms with Gasteiger partial charge in [-0.2, -0.15) is 0 Å². The van der Waals surface area contributed by atoms with Gasteiger partial charge in [-0.3, -0.25) is 9.79 Å². The number of hydrogen-bond acceptors (Lipinski definition) is 7. The summed E-state index contributed by atoms with van der Waals surface area (Å²) in [5.41, 5.74) is 0.747. The SMILES string of the molecule is COC(=O)C1=CN=CC(C(=O)OC)[C@@H]1c1ccc(OC)c(O)c1. The predicted octanol–water partition coefficient (Wildman–Crippen LogP) is 1.41. The molecule has 1 aromatic rings. The minimum absolute atomic E-state index is 0.0969. The van der Waals surface area contributed by atoms with Crippen LogP contribution in [0.1, 0.15) is 11.5 Å². The lowest BCUT2D eigenvalue weighted by molar-refractivity contribution is -0.143. The number of rotatable bonds is 4. The summed E-state index contributed by atoms with van der Waals surface area (Å²) >= 11 is 0. The van der Waals surface area contributed by atoms with Crippen LogP contribution in [0.3, 0.4) is 0 Å². The third-order valence-electron chi connectivity index (χ3n) is 3.61. The number of nitrogens with zero attached hydrogens (tertiary/aromatic N) is 1. The molecule has 0 bridgehead atoms. The van der Waals surface area contributed by atoms with E-state index < -0.39 is 23.8 Å². The molecule has 1 unspecified atom stereocenters. The standard InChI is InChI=1S/C16H17NO6/c1-21-13-5-4-9(6-12(13)18)14-10(15(19)22-2)7-17-8-11(14)16(20)23-3/h4-8,10,14,18H,1-3H3/t10?,14-/m0/s1. The van der Waals surface area contributed by atoms with Gasteiger partial charge >= 0.3 is 11.9 Å². The van der Waals surface area contributed by atoms with Crippen molar-refractivity contribution in [2.24, 2.45) is 10.9 Å². The van der Waals surface area contributed by atoms with Crippen LogP contribution in [0.4, 0.5) is 0 Å². The van der Waals surface area contributed by atoms with Gasteiger partial charge in [-0.1, -0.05) is 6.07 Å². The summed E-state index contributed by atoms with van der Waals surface area (Å²) < 4.78 is 14.5. The van der Waals surface area contributed by atoms with E-state index in [0.717, 1.165) is 0 Å². The van der Waals surface area contributed by atoms with Crippen LogP contribution in [0, 0.1) is 5.92 Å². The van der Waals surface area contributed by atoms with Crippen LogP contribution in [0.5, 0.6) is 11.5 Å². The van der Waals surface area contributed by atoms with Crippen molar-refractivity contribution in [3.8, 4) is 11.5 Å². The van der Waals surface area contributed by atoms with Crippen molar-refractivity contribution < 1.29 is 28.9 Å². The van der Waals surface area contributed by atoms with E-state index in [1.165, 1.54) is 39.8 Å². The first kappa shape index (κ1) is 16.5. The van der Waals surface area contributed by atoms with E-state index in [1.54, 1.807) is 12.1 Å². The molecule has 1 aromatic carbocycles. The van der Waals surface area contributed by atoms with Crippen LogP contribution >= 0.6 is 0 Å². The second kappa shape index (κ2) is 6.95. The van der Waals surface area contributed by atoms with Crippen LogP contribution in [0.25, 0.3) is 0 Å². The Morgan fingerprint density at radius 1 is 1.17 bits per heavy atom. The Balaban J connectivity index is 2.52. The summed E-state index contributed by atoms with van der Waals surface area (Å²) in [5.74, 6) is -2.42. The molecule has 122 valence electrons. The zero-order chi connectivity index (χ0) is 17.0. The van der Waals surface area contributed by atoms with Crippen molar-refractivity contribution in [3.05, 3.63) is 35.5 Å². The molecule has 23 heavy (non-hydrogen) atoms. The smallest absolute Gasteiger partial charge is 0.335 e. The van der Waals surface area contributed by atoms with Gasteiger partial charge in [0.15, 0.2) is 11.5 Å². The lowest BCUT2D eigenvalue weighted by atomic mass is 9.79. The molecule has 1 aliphatic rings. The number of benzene rings is 1. The highest BCUT2D eigenvalue weighted by Crippen LogP contribution is 2.38. The number of ether oxygens (including phenoxy) is 3. The van der Waals surface area contributed by atoms with Gasteiger partial charge in [-0.05, 0) is 17.7 Å². The Kier molecular flexibility index (Phi) is 5.00. The van der Waals surface area contributed by atoms with Gasteiger partial charge < -0.3 is 19.3 Å². The number of esters is 2. The number of carbonyl (C=O) groups is 2. The van der Waals surface area contributed by atoms with Crippen LogP contribution in [-0.4, -0.2) is 44.6 Å². The van der Waals surface area contributed by atoms with Crippen molar-refractivity contribution in [1.29, 1.82) is 0 Å². The molecule has 0 spiro atoms. The average Bonchev–Trinajstić information content (AvgIpc) is 2.59. The molecule has 0 saturated heterocycles. The Morgan fingerprint density at radius 3 is 2.48 bits per heavy atom. The van der Waals surface area contributed by atoms with Crippen molar-refractivity contribution in [2.75, 3.05) is 21.3 Å². The molecule has 0 radical (unpaired) electrons. The van der Waals surface area contributed by atoms with Crippen LogP contribution < -0.4 is 4.74 Å². The lowest BCUT2D eigenvalue weighted by Gasteiger charge is -2.26. The van der Waals surface area contributed by atoms with Gasteiger partial charge in [0.2, 0.25) is 0 Å². The highest BCUT2D eigenvalue weighted by Gasteiger charge is 2.37. The van der Waals surface area contributed by atoms with E-state index in [1.807, 2.05) is 0 Å². The van der Waals surface area contributed by atoms with Gasteiger partial charge in [-0.25, -0.2) is 4.79 Å². The normalized spacial score (nSPS) is 19.7. The van der Waals surface area contributed by atoms with Gasteiger partial charge in [-0.15, -0.1) is 0 Å². The van der Waals surface area contributed by atoms with Crippen molar-refractivity contribution >= 4 is 18.2 Å². The van der Waals surface area contributed by atoms with Crippen molar-refractivity contribution in [3.63, 3.8) is 0 Å². The maximum absolute atomic E-state index is 12.0. The molecule has 0 saturated carbocycles. The molecule has 0 aromatic heterocycles. The van der Waals surface area contributed by atoms with E-state index in [9.17, 15) is 14.7 Å². The molecule has 2 atom stereocenters. The van der Waals surface area contributed by atoms with Gasteiger partial charge in [0.05, 0.1) is 26.9 Å². The molecule has 0 fully saturated rings. The van der Waals surface area contributed by atoms with E-state index in [0.29, 0.717) is 5.56 Å². The fraction of sp³-hybridized carbons (Fsp3) is 0.312. The zero-order valence-corrected chi connectivity index (χ0v) is 13.0. The lowest BCUT2D eigenvalue weighted by Crippen LogP contribution is -2.31. The van der Waals surface area contributed by atoms with Gasteiger partial charge in [0, 0.05) is 18.3 Å². The summed E-state index contributed by atoms with van der Waals surface area (Å²) in [5, 5.41) is 9.98. The minimum Gasteiger partial charge on any atom is -0.504 e. The first-order valence-corrected chi connectivity index (χ1v) is 6.79. The first-order valence-electron chi connectivity index (χ1n) is 6.79. The number of aromatic hydroxyl groups is 1. The molecule has 7 heteroatoms. The Labute approximate surface area is 133 Å². The number of phenolic OH excluding ortho intramolecular Hbond substituents is 1. The van der Waals surface area contributed by atoms with Gasteiger partial charge in [0.1, 0.15) is 5.92 Å². The molecule has 0 aliphatic carbocycles. The fourth-order valence-electron chi connectivity index (χ4n) is 2.49. The maximum Gasteiger partial charge on any atom is 0.335 e. The molecule has 0 amide bonds. The zero-order valence-electron chi connectivity index (χ0n) is 13.0. The molecular weight excluding hydrogens is 302 g/mol. The third kappa shape index (κ3) is 3.18. The summed E-state index contributed by atoms with van der Waals surface area (Å²) in [6, 6.07) is 4.66. The van der Waals surface area contributed by atoms with Crippen LogP contribution in [-0.2, 0) is 19.1 Å².